The van der Waals surface area contributed by atoms with Crippen molar-refractivity contribution in [1.82, 2.24) is 5.32 Å². The maximum absolute atomic E-state index is 13.3. The number of hydrogen-bond donors (Lipinski definition) is 1. The number of ether oxygens (including phenoxy) is 1. The number of nitrogens with one attached hydrogen (secondary N) is 1. The Morgan fingerprint density at radius 3 is 2.44 bits per heavy atom. The lowest BCUT2D eigenvalue weighted by Gasteiger charge is -2.52. The molecule has 0 amide bonds. The fraction of sp³-hybridized carbons (Fsp3) is 0.435. The highest BCUT2D eigenvalue weighted by Crippen LogP contribution is 2.55. The van der Waals surface area contributed by atoms with Gasteiger partial charge >= 0.3 is 0 Å². The van der Waals surface area contributed by atoms with Crippen LogP contribution in [0.4, 0.5) is 4.39 Å². The van der Waals surface area contributed by atoms with Crippen LogP contribution in [-0.2, 0) is 11.3 Å². The maximum Gasteiger partial charge on any atom is 0.257 e. The summed E-state index contributed by atoms with van der Waals surface area (Å²) in [6.07, 6.45) is 7.43. The van der Waals surface area contributed by atoms with Crippen molar-refractivity contribution in [2.24, 2.45) is 5.41 Å². The minimum atomic E-state index is -0.228. The summed E-state index contributed by atoms with van der Waals surface area (Å²) in [5.41, 5.74) is 2.64. The van der Waals surface area contributed by atoms with Gasteiger partial charge in [0.05, 0.1) is 0 Å². The zero-order valence-electron chi connectivity index (χ0n) is 15.5. The van der Waals surface area contributed by atoms with Gasteiger partial charge in [0, 0.05) is 12.0 Å². The van der Waals surface area contributed by atoms with Crippen LogP contribution in [0.15, 0.2) is 54.6 Å². The van der Waals surface area contributed by atoms with Gasteiger partial charge in [-0.05, 0) is 79.9 Å². The SMILES string of the molecule is Fc1cccc(CNC(=S)O[C@H]2CCC23CCC(c2ccccc2)CC3)c1. The van der Waals surface area contributed by atoms with E-state index in [-0.39, 0.29) is 11.9 Å². The van der Waals surface area contributed by atoms with Crippen molar-refractivity contribution >= 4 is 17.4 Å². The second-order valence-electron chi connectivity index (χ2n) is 7.96. The van der Waals surface area contributed by atoms with E-state index in [2.05, 4.69) is 35.6 Å². The largest absolute Gasteiger partial charge is 0.467 e. The van der Waals surface area contributed by atoms with E-state index in [0.717, 1.165) is 12.0 Å². The molecule has 2 aliphatic carbocycles. The minimum absolute atomic E-state index is 0.224. The van der Waals surface area contributed by atoms with Crippen LogP contribution in [0.5, 0.6) is 0 Å². The molecule has 4 rings (SSSR count). The Morgan fingerprint density at radius 2 is 1.78 bits per heavy atom. The van der Waals surface area contributed by atoms with Crippen LogP contribution >= 0.6 is 12.2 Å². The average molecular weight is 384 g/mol. The van der Waals surface area contributed by atoms with Crippen LogP contribution in [0.1, 0.15) is 55.6 Å². The Morgan fingerprint density at radius 1 is 1.04 bits per heavy atom. The van der Waals surface area contributed by atoms with Gasteiger partial charge < -0.3 is 10.1 Å². The molecule has 2 aromatic carbocycles. The van der Waals surface area contributed by atoms with E-state index < -0.39 is 0 Å². The van der Waals surface area contributed by atoms with E-state index in [1.165, 1.54) is 49.8 Å². The summed E-state index contributed by atoms with van der Waals surface area (Å²) in [5, 5.41) is 3.56. The van der Waals surface area contributed by atoms with E-state index in [1.807, 2.05) is 6.07 Å². The number of thiocarbonyl (C=S) groups is 1. The molecule has 0 radical (unpaired) electrons. The molecule has 2 saturated carbocycles. The Hall–Kier alpha value is -1.94. The van der Waals surface area contributed by atoms with Gasteiger partial charge in [-0.3, -0.25) is 0 Å². The second kappa shape index (κ2) is 7.97. The predicted molar refractivity (Wildman–Crippen MR) is 110 cm³/mol. The summed E-state index contributed by atoms with van der Waals surface area (Å²) in [5.74, 6) is 0.449. The zero-order chi connectivity index (χ0) is 18.7. The maximum atomic E-state index is 13.3. The van der Waals surface area contributed by atoms with Crippen LogP contribution in [0.2, 0.25) is 0 Å². The van der Waals surface area contributed by atoms with Gasteiger partial charge in [0.25, 0.3) is 5.17 Å². The minimum Gasteiger partial charge on any atom is -0.467 e. The van der Waals surface area contributed by atoms with E-state index in [1.54, 1.807) is 6.07 Å². The first kappa shape index (κ1) is 18.4. The molecule has 27 heavy (non-hydrogen) atoms. The van der Waals surface area contributed by atoms with Gasteiger partial charge in [-0.15, -0.1) is 0 Å². The van der Waals surface area contributed by atoms with Crippen molar-refractivity contribution < 1.29 is 9.13 Å². The van der Waals surface area contributed by atoms with Gasteiger partial charge in [0.15, 0.2) is 0 Å². The van der Waals surface area contributed by atoms with Crippen molar-refractivity contribution in [1.29, 1.82) is 0 Å². The molecule has 2 fully saturated rings. The van der Waals surface area contributed by atoms with Crippen molar-refractivity contribution in [3.63, 3.8) is 0 Å². The Labute approximate surface area is 166 Å². The quantitative estimate of drug-likeness (QED) is 0.682. The molecular formula is C23H26FNOS. The molecule has 2 nitrogen and oxygen atoms in total. The molecule has 4 heteroatoms. The molecule has 1 N–H and O–H groups in total. The van der Waals surface area contributed by atoms with E-state index in [0.29, 0.717) is 23.1 Å². The third-order valence-corrected chi connectivity index (χ3v) is 6.66. The molecule has 1 atom stereocenters. The fourth-order valence-electron chi connectivity index (χ4n) is 4.67. The number of rotatable bonds is 4. The molecule has 142 valence electrons. The highest BCUT2D eigenvalue weighted by molar-refractivity contribution is 7.80. The van der Waals surface area contributed by atoms with E-state index >= 15 is 0 Å². The lowest BCUT2D eigenvalue weighted by atomic mass is 9.56. The molecule has 0 aromatic heterocycles. The predicted octanol–water partition coefficient (Wildman–Crippen LogP) is 5.72. The number of hydrogen-bond acceptors (Lipinski definition) is 2. The normalized spacial score (nSPS) is 27.0. The van der Waals surface area contributed by atoms with Crippen molar-refractivity contribution in [2.75, 3.05) is 0 Å². The summed E-state index contributed by atoms with van der Waals surface area (Å²) in [7, 11) is 0. The fourth-order valence-corrected chi connectivity index (χ4v) is 4.86. The van der Waals surface area contributed by atoms with Crippen LogP contribution in [0.25, 0.3) is 0 Å². The number of benzene rings is 2. The summed E-state index contributed by atoms with van der Waals surface area (Å²) in [6, 6.07) is 17.4. The zero-order valence-corrected chi connectivity index (χ0v) is 16.3. The average Bonchev–Trinajstić information content (AvgIpc) is 2.70. The molecule has 0 unspecified atom stereocenters. The van der Waals surface area contributed by atoms with Crippen molar-refractivity contribution in [3.05, 3.63) is 71.5 Å². The monoisotopic (exact) mass is 383 g/mol. The molecule has 1 spiro atoms. The third kappa shape index (κ3) is 4.16. The third-order valence-electron chi connectivity index (χ3n) is 6.41. The molecule has 0 heterocycles. The summed E-state index contributed by atoms with van der Waals surface area (Å²) >= 11 is 5.39. The summed E-state index contributed by atoms with van der Waals surface area (Å²) in [6.45, 7) is 0.492. The number of halogens is 1. The first-order chi connectivity index (χ1) is 13.1. The van der Waals surface area contributed by atoms with E-state index in [9.17, 15) is 4.39 Å². The highest BCUT2D eigenvalue weighted by atomic mass is 32.1. The lowest BCUT2D eigenvalue weighted by molar-refractivity contribution is -0.0809. The molecule has 2 aliphatic rings. The van der Waals surface area contributed by atoms with Crippen molar-refractivity contribution in [2.45, 2.75) is 57.1 Å². The topological polar surface area (TPSA) is 21.3 Å². The van der Waals surface area contributed by atoms with Gasteiger partial charge in [-0.2, -0.15) is 0 Å². The van der Waals surface area contributed by atoms with E-state index in [4.69, 9.17) is 17.0 Å². The van der Waals surface area contributed by atoms with Gasteiger partial charge in [0.1, 0.15) is 11.9 Å². The van der Waals surface area contributed by atoms with Gasteiger partial charge in [-0.1, -0.05) is 42.5 Å². The van der Waals surface area contributed by atoms with Crippen LogP contribution < -0.4 is 5.32 Å². The first-order valence-electron chi connectivity index (χ1n) is 9.88. The molecule has 0 saturated heterocycles. The second-order valence-corrected chi connectivity index (χ2v) is 8.33. The Balaban J connectivity index is 1.27. The standard InChI is InChI=1S/C23H26FNOS/c24-20-8-4-5-17(15-20)16-25-22(27)26-21-11-14-23(21)12-9-19(10-13-23)18-6-2-1-3-7-18/h1-8,15,19,21H,9-14,16H2,(H,25,27)/t19?,21-,23?/m0/s1. The highest BCUT2D eigenvalue weighted by Gasteiger charge is 2.50. The summed E-state index contributed by atoms with van der Waals surface area (Å²) in [4.78, 5) is 0. The molecule has 2 aromatic rings. The van der Waals surface area contributed by atoms with Crippen molar-refractivity contribution in [3.8, 4) is 0 Å². The Bertz CT molecular complexity index is 786. The molecule has 0 bridgehead atoms. The smallest absolute Gasteiger partial charge is 0.257 e. The Kier molecular flexibility index (Phi) is 5.44. The summed E-state index contributed by atoms with van der Waals surface area (Å²) < 4.78 is 19.4. The molecular weight excluding hydrogens is 357 g/mol. The van der Waals surface area contributed by atoms with Crippen LogP contribution in [0, 0.1) is 11.2 Å². The first-order valence-corrected chi connectivity index (χ1v) is 10.3. The lowest BCUT2D eigenvalue weighted by Crippen LogP contribution is -2.50. The van der Waals surface area contributed by atoms with Gasteiger partial charge in [0.2, 0.25) is 0 Å². The van der Waals surface area contributed by atoms with Crippen LogP contribution in [-0.4, -0.2) is 11.3 Å². The molecule has 0 aliphatic heterocycles. The van der Waals surface area contributed by atoms with Gasteiger partial charge in [-0.25, -0.2) is 4.39 Å². The van der Waals surface area contributed by atoms with Crippen LogP contribution in [0.3, 0.4) is 0 Å².